The maximum absolute atomic E-state index is 3.42. The molecule has 1 N–H and O–H groups in total. The second-order valence-electron chi connectivity index (χ2n) is 4.95. The molecule has 2 aliphatic carbocycles. The summed E-state index contributed by atoms with van der Waals surface area (Å²) in [5, 5.41) is 3.42. The fourth-order valence-corrected chi connectivity index (χ4v) is 4.07. The molecule has 3 heteroatoms. The van der Waals surface area contributed by atoms with Crippen molar-refractivity contribution in [1.82, 2.24) is 5.32 Å². The molecule has 2 aliphatic rings. The quantitative estimate of drug-likeness (QED) is 0.855. The van der Waals surface area contributed by atoms with Gasteiger partial charge in [-0.3, -0.25) is 0 Å². The highest BCUT2D eigenvalue weighted by Crippen LogP contribution is 2.42. The zero-order valence-corrected chi connectivity index (χ0v) is 11.4. The van der Waals surface area contributed by atoms with Crippen LogP contribution in [0, 0.1) is 0 Å². The number of fused-ring (bicyclic) bond motifs is 1. The zero-order valence-electron chi connectivity index (χ0n) is 9.79. The number of nitrogens with one attached hydrogen (secondary N) is 1. The van der Waals surface area contributed by atoms with Crippen molar-refractivity contribution in [3.8, 4) is 0 Å². The highest BCUT2D eigenvalue weighted by molar-refractivity contribution is 7.12. The summed E-state index contributed by atoms with van der Waals surface area (Å²) >= 11 is 2.10. The van der Waals surface area contributed by atoms with Crippen molar-refractivity contribution in [3.05, 3.63) is 21.4 Å². The minimum Gasteiger partial charge on any atom is -0.317 e. The van der Waals surface area contributed by atoms with Gasteiger partial charge in [-0.2, -0.15) is 0 Å². The summed E-state index contributed by atoms with van der Waals surface area (Å²) in [7, 11) is 2.09. The molecule has 1 fully saturated rings. The van der Waals surface area contributed by atoms with E-state index in [1.807, 2.05) is 0 Å². The number of likely N-dealkylation sites (N-methyl/N-ethyl adjacent to an activating group) is 1. The highest BCUT2D eigenvalue weighted by atomic mass is 35.5. The molecule has 1 heterocycles. The Hall–Kier alpha value is -0.0500. The molecule has 1 aromatic rings. The summed E-state index contributed by atoms with van der Waals surface area (Å²) in [6.45, 7) is 0. The van der Waals surface area contributed by atoms with Crippen molar-refractivity contribution in [1.29, 1.82) is 0 Å². The van der Waals surface area contributed by atoms with Gasteiger partial charge >= 0.3 is 0 Å². The first kappa shape index (κ1) is 12.4. The van der Waals surface area contributed by atoms with Gasteiger partial charge in [-0.05, 0) is 56.7 Å². The second-order valence-corrected chi connectivity index (χ2v) is 6.12. The average Bonchev–Trinajstić information content (AvgIpc) is 2.56. The molecule has 0 saturated heterocycles. The molecule has 1 saturated carbocycles. The van der Waals surface area contributed by atoms with Crippen LogP contribution in [0.4, 0.5) is 0 Å². The number of thiophene rings is 1. The molecule has 0 aliphatic heterocycles. The van der Waals surface area contributed by atoms with E-state index in [1.54, 1.807) is 15.3 Å². The van der Waals surface area contributed by atoms with Crippen molar-refractivity contribution in [2.45, 2.75) is 50.5 Å². The SMILES string of the molecule is CNC1CCc2sc(C3CCC3)cc2C1.Cl. The van der Waals surface area contributed by atoms with Crippen molar-refractivity contribution in [2.75, 3.05) is 7.05 Å². The first-order chi connectivity index (χ1) is 7.36. The summed E-state index contributed by atoms with van der Waals surface area (Å²) in [6, 6.07) is 3.23. The number of halogens is 1. The molecule has 0 spiro atoms. The molecular weight excluding hydrogens is 238 g/mol. The number of aryl methyl sites for hydroxylation is 1. The van der Waals surface area contributed by atoms with Crippen LogP contribution in [0.5, 0.6) is 0 Å². The smallest absolute Gasteiger partial charge is 0.0108 e. The molecule has 1 nitrogen and oxygen atoms in total. The van der Waals surface area contributed by atoms with Crippen LogP contribution in [0.1, 0.15) is 46.9 Å². The largest absolute Gasteiger partial charge is 0.317 e. The van der Waals surface area contributed by atoms with Crippen LogP contribution in [0.2, 0.25) is 0 Å². The molecule has 0 bridgehead atoms. The Balaban J connectivity index is 0.000000963. The Morgan fingerprint density at radius 1 is 1.31 bits per heavy atom. The lowest BCUT2D eigenvalue weighted by Crippen LogP contribution is -2.30. The predicted octanol–water partition coefficient (Wildman–Crippen LogP) is 3.51. The van der Waals surface area contributed by atoms with Crippen LogP contribution >= 0.6 is 23.7 Å². The van der Waals surface area contributed by atoms with Crippen LogP contribution in [-0.4, -0.2) is 13.1 Å². The van der Waals surface area contributed by atoms with E-state index < -0.39 is 0 Å². The molecular formula is C13H20ClNS. The van der Waals surface area contributed by atoms with E-state index in [0.717, 1.165) is 12.0 Å². The molecule has 1 unspecified atom stereocenters. The maximum atomic E-state index is 3.42. The predicted molar refractivity (Wildman–Crippen MR) is 73.0 cm³/mol. The first-order valence-electron chi connectivity index (χ1n) is 6.15. The van der Waals surface area contributed by atoms with E-state index in [9.17, 15) is 0 Å². The number of hydrogen-bond donors (Lipinski definition) is 1. The number of hydrogen-bond acceptors (Lipinski definition) is 2. The van der Waals surface area contributed by atoms with Crippen molar-refractivity contribution >= 4 is 23.7 Å². The summed E-state index contributed by atoms with van der Waals surface area (Å²) < 4.78 is 0. The third-order valence-electron chi connectivity index (χ3n) is 4.02. The Labute approximate surface area is 108 Å². The van der Waals surface area contributed by atoms with Gasteiger partial charge in [0.05, 0.1) is 0 Å². The summed E-state index contributed by atoms with van der Waals surface area (Å²) in [5.74, 6) is 0.925. The Morgan fingerprint density at radius 2 is 2.12 bits per heavy atom. The third kappa shape index (κ3) is 2.15. The lowest BCUT2D eigenvalue weighted by atomic mass is 9.83. The Bertz CT molecular complexity index is 357. The minimum absolute atomic E-state index is 0. The minimum atomic E-state index is 0. The lowest BCUT2D eigenvalue weighted by molar-refractivity contribution is 0.425. The highest BCUT2D eigenvalue weighted by Gasteiger charge is 2.25. The topological polar surface area (TPSA) is 12.0 Å². The maximum Gasteiger partial charge on any atom is 0.0108 e. The van der Waals surface area contributed by atoms with Gasteiger partial charge in [-0.25, -0.2) is 0 Å². The fourth-order valence-electron chi connectivity index (χ4n) is 2.69. The Morgan fingerprint density at radius 3 is 2.75 bits per heavy atom. The molecule has 0 radical (unpaired) electrons. The van der Waals surface area contributed by atoms with Crippen LogP contribution in [-0.2, 0) is 12.8 Å². The van der Waals surface area contributed by atoms with Crippen molar-refractivity contribution < 1.29 is 0 Å². The van der Waals surface area contributed by atoms with Gasteiger partial charge in [0.2, 0.25) is 0 Å². The van der Waals surface area contributed by atoms with Crippen molar-refractivity contribution in [2.24, 2.45) is 0 Å². The molecule has 0 amide bonds. The van der Waals surface area contributed by atoms with E-state index in [0.29, 0.717) is 0 Å². The average molecular weight is 258 g/mol. The number of rotatable bonds is 2. The van der Waals surface area contributed by atoms with E-state index in [4.69, 9.17) is 0 Å². The van der Waals surface area contributed by atoms with E-state index in [1.165, 1.54) is 38.5 Å². The van der Waals surface area contributed by atoms with Crippen molar-refractivity contribution in [3.63, 3.8) is 0 Å². The summed E-state index contributed by atoms with van der Waals surface area (Å²) in [6.07, 6.45) is 8.22. The second kappa shape index (κ2) is 5.07. The fraction of sp³-hybridized carbons (Fsp3) is 0.692. The van der Waals surface area contributed by atoms with E-state index in [2.05, 4.69) is 29.8 Å². The molecule has 1 atom stereocenters. The molecule has 1 aromatic heterocycles. The van der Waals surface area contributed by atoms with Gasteiger partial charge in [0.1, 0.15) is 0 Å². The molecule has 0 aromatic carbocycles. The van der Waals surface area contributed by atoms with Crippen LogP contribution in [0.3, 0.4) is 0 Å². The standard InChI is InChI=1S/C13H19NS.ClH/c1-14-11-5-6-12-10(7-11)8-13(15-12)9-3-2-4-9;/h8-9,11,14H,2-7H2,1H3;1H. The zero-order chi connectivity index (χ0) is 10.3. The summed E-state index contributed by atoms with van der Waals surface area (Å²) in [5.41, 5.74) is 1.65. The monoisotopic (exact) mass is 257 g/mol. The lowest BCUT2D eigenvalue weighted by Gasteiger charge is -2.23. The molecule has 16 heavy (non-hydrogen) atoms. The van der Waals surface area contributed by atoms with Gasteiger partial charge in [0, 0.05) is 15.8 Å². The normalized spacial score (nSPS) is 24.4. The van der Waals surface area contributed by atoms with Gasteiger partial charge in [0.15, 0.2) is 0 Å². The first-order valence-corrected chi connectivity index (χ1v) is 6.97. The summed E-state index contributed by atoms with van der Waals surface area (Å²) in [4.78, 5) is 3.37. The van der Waals surface area contributed by atoms with Gasteiger partial charge < -0.3 is 5.32 Å². The molecule has 3 rings (SSSR count). The van der Waals surface area contributed by atoms with Gasteiger partial charge in [-0.15, -0.1) is 23.7 Å². The van der Waals surface area contributed by atoms with Crippen LogP contribution in [0.15, 0.2) is 6.07 Å². The van der Waals surface area contributed by atoms with E-state index >= 15 is 0 Å². The van der Waals surface area contributed by atoms with Crippen LogP contribution < -0.4 is 5.32 Å². The third-order valence-corrected chi connectivity index (χ3v) is 5.42. The van der Waals surface area contributed by atoms with Gasteiger partial charge in [-0.1, -0.05) is 6.42 Å². The Kier molecular flexibility index (Phi) is 3.93. The molecule has 90 valence electrons. The van der Waals surface area contributed by atoms with E-state index in [-0.39, 0.29) is 12.4 Å². The van der Waals surface area contributed by atoms with Gasteiger partial charge in [0.25, 0.3) is 0 Å². The van der Waals surface area contributed by atoms with Crippen LogP contribution in [0.25, 0.3) is 0 Å².